The second-order valence-electron chi connectivity index (χ2n) is 5.26. The van der Waals surface area contributed by atoms with Crippen LogP contribution in [0.4, 0.5) is 0 Å². The normalized spacial score (nSPS) is 12.2. The number of pyridine rings is 1. The molecule has 0 radical (unpaired) electrons. The van der Waals surface area contributed by atoms with Crippen molar-refractivity contribution in [3.63, 3.8) is 0 Å². The average molecular weight is 335 g/mol. The smallest absolute Gasteiger partial charge is 0.244 e. The molecule has 0 fully saturated rings. The molecule has 0 spiro atoms. The SMILES string of the molecule is CC(NC(=O)/C=C/c1ccccn1)c1nc(-c2ccccc2)cs1. The van der Waals surface area contributed by atoms with Gasteiger partial charge in [0.1, 0.15) is 5.01 Å². The molecule has 3 rings (SSSR count). The quantitative estimate of drug-likeness (QED) is 0.714. The minimum atomic E-state index is -0.162. The summed E-state index contributed by atoms with van der Waals surface area (Å²) in [5.41, 5.74) is 2.76. The molecule has 5 heteroatoms. The van der Waals surface area contributed by atoms with Gasteiger partial charge < -0.3 is 5.32 Å². The lowest BCUT2D eigenvalue weighted by Crippen LogP contribution is -2.24. The van der Waals surface area contributed by atoms with Crippen molar-refractivity contribution in [3.05, 3.63) is 76.9 Å². The van der Waals surface area contributed by atoms with E-state index in [2.05, 4.69) is 15.3 Å². The van der Waals surface area contributed by atoms with E-state index in [1.807, 2.05) is 60.8 Å². The number of rotatable bonds is 5. The molecule has 0 saturated heterocycles. The highest BCUT2D eigenvalue weighted by Crippen LogP contribution is 2.25. The maximum atomic E-state index is 12.0. The van der Waals surface area contributed by atoms with E-state index in [0.29, 0.717) is 0 Å². The molecule has 2 aromatic heterocycles. The molecule has 0 aliphatic heterocycles. The Balaban J connectivity index is 1.63. The zero-order valence-corrected chi connectivity index (χ0v) is 14.0. The number of hydrogen-bond donors (Lipinski definition) is 1. The van der Waals surface area contributed by atoms with Crippen LogP contribution in [0.3, 0.4) is 0 Å². The Labute approximate surface area is 144 Å². The number of carbonyl (C=O) groups excluding carboxylic acids is 1. The number of hydrogen-bond acceptors (Lipinski definition) is 4. The summed E-state index contributed by atoms with van der Waals surface area (Å²) >= 11 is 1.55. The van der Waals surface area contributed by atoms with Crippen LogP contribution in [0.2, 0.25) is 0 Å². The number of benzene rings is 1. The second-order valence-corrected chi connectivity index (χ2v) is 6.14. The summed E-state index contributed by atoms with van der Waals surface area (Å²) in [6.45, 7) is 1.93. The Bertz CT molecular complexity index is 828. The molecule has 3 aromatic rings. The van der Waals surface area contributed by atoms with Crippen LogP contribution in [0.25, 0.3) is 17.3 Å². The summed E-state index contributed by atoms with van der Waals surface area (Å²) in [6.07, 6.45) is 4.88. The number of nitrogens with zero attached hydrogens (tertiary/aromatic N) is 2. The molecule has 0 aliphatic carbocycles. The van der Waals surface area contributed by atoms with Gasteiger partial charge in [-0.2, -0.15) is 0 Å². The van der Waals surface area contributed by atoms with Crippen LogP contribution in [0, 0.1) is 0 Å². The van der Waals surface area contributed by atoms with Gasteiger partial charge in [0, 0.05) is 23.2 Å². The summed E-state index contributed by atoms with van der Waals surface area (Å²) in [4.78, 5) is 20.8. The van der Waals surface area contributed by atoms with Gasteiger partial charge in [-0.05, 0) is 25.1 Å². The van der Waals surface area contributed by atoms with Crippen LogP contribution in [0.15, 0.2) is 66.2 Å². The molecule has 120 valence electrons. The number of amides is 1. The van der Waals surface area contributed by atoms with Gasteiger partial charge in [-0.15, -0.1) is 11.3 Å². The van der Waals surface area contributed by atoms with Crippen LogP contribution >= 0.6 is 11.3 Å². The third-order valence-corrected chi connectivity index (χ3v) is 4.44. The van der Waals surface area contributed by atoms with Crippen LogP contribution < -0.4 is 5.32 Å². The fraction of sp³-hybridized carbons (Fsp3) is 0.105. The van der Waals surface area contributed by atoms with Gasteiger partial charge in [-0.3, -0.25) is 9.78 Å². The van der Waals surface area contributed by atoms with Crippen LogP contribution in [0.5, 0.6) is 0 Å². The molecule has 2 heterocycles. The molecule has 4 nitrogen and oxygen atoms in total. The fourth-order valence-electron chi connectivity index (χ4n) is 2.19. The highest BCUT2D eigenvalue weighted by molar-refractivity contribution is 7.10. The first-order valence-electron chi connectivity index (χ1n) is 7.63. The molecule has 0 aliphatic rings. The molecule has 1 atom stereocenters. The zero-order chi connectivity index (χ0) is 16.8. The van der Waals surface area contributed by atoms with Gasteiger partial charge in [0.25, 0.3) is 0 Å². The highest BCUT2D eigenvalue weighted by atomic mass is 32.1. The molecule has 1 aromatic carbocycles. The van der Waals surface area contributed by atoms with Gasteiger partial charge >= 0.3 is 0 Å². The Kier molecular flexibility index (Phi) is 5.13. The molecule has 0 bridgehead atoms. The first kappa shape index (κ1) is 16.1. The van der Waals surface area contributed by atoms with Gasteiger partial charge in [0.2, 0.25) is 5.91 Å². The third kappa shape index (κ3) is 4.14. The van der Waals surface area contributed by atoms with Crippen molar-refractivity contribution in [2.24, 2.45) is 0 Å². The maximum Gasteiger partial charge on any atom is 0.244 e. The summed E-state index contributed by atoms with van der Waals surface area (Å²) in [6, 6.07) is 15.4. The third-order valence-electron chi connectivity index (χ3n) is 3.41. The van der Waals surface area contributed by atoms with Gasteiger partial charge in [0.05, 0.1) is 17.4 Å². The predicted molar refractivity (Wildman–Crippen MR) is 97.4 cm³/mol. The van der Waals surface area contributed by atoms with E-state index < -0.39 is 0 Å². The Hall–Kier alpha value is -2.79. The number of aromatic nitrogens is 2. The van der Waals surface area contributed by atoms with Crippen molar-refractivity contribution in [2.45, 2.75) is 13.0 Å². The van der Waals surface area contributed by atoms with Crippen LogP contribution in [0.1, 0.15) is 23.7 Å². The van der Waals surface area contributed by atoms with Crippen molar-refractivity contribution in [1.82, 2.24) is 15.3 Å². The van der Waals surface area contributed by atoms with Crippen molar-refractivity contribution in [3.8, 4) is 11.3 Å². The second kappa shape index (κ2) is 7.66. The van der Waals surface area contributed by atoms with E-state index in [1.165, 1.54) is 6.08 Å². The van der Waals surface area contributed by atoms with Crippen molar-refractivity contribution >= 4 is 23.3 Å². The predicted octanol–water partition coefficient (Wildman–Crippen LogP) is 4.10. The highest BCUT2D eigenvalue weighted by Gasteiger charge is 2.12. The standard InChI is InChI=1S/C19H17N3OS/c1-14(21-18(23)11-10-16-9-5-6-12-20-16)19-22-17(13-24-19)15-7-3-2-4-8-15/h2-14H,1H3,(H,21,23)/b11-10+. The van der Waals surface area contributed by atoms with Crippen LogP contribution in [-0.4, -0.2) is 15.9 Å². The average Bonchev–Trinajstić information content (AvgIpc) is 3.12. The lowest BCUT2D eigenvalue weighted by atomic mass is 10.2. The topological polar surface area (TPSA) is 54.9 Å². The Morgan fingerprint density at radius 3 is 2.71 bits per heavy atom. The molecule has 1 unspecified atom stereocenters. The Morgan fingerprint density at radius 1 is 1.17 bits per heavy atom. The first-order chi connectivity index (χ1) is 11.7. The molecule has 1 amide bonds. The van der Waals surface area contributed by atoms with E-state index in [9.17, 15) is 4.79 Å². The zero-order valence-electron chi connectivity index (χ0n) is 13.2. The lowest BCUT2D eigenvalue weighted by Gasteiger charge is -2.08. The van der Waals surface area contributed by atoms with Crippen LogP contribution in [-0.2, 0) is 4.79 Å². The van der Waals surface area contributed by atoms with Gasteiger partial charge in [0.15, 0.2) is 0 Å². The van der Waals surface area contributed by atoms with E-state index in [4.69, 9.17) is 0 Å². The number of carbonyl (C=O) groups is 1. The van der Waals surface area contributed by atoms with Gasteiger partial charge in [-0.1, -0.05) is 36.4 Å². The summed E-state index contributed by atoms with van der Waals surface area (Å²) in [5.74, 6) is -0.162. The van der Waals surface area contributed by atoms with E-state index in [-0.39, 0.29) is 11.9 Å². The number of thiazole rings is 1. The monoisotopic (exact) mass is 335 g/mol. The number of nitrogens with one attached hydrogen (secondary N) is 1. The minimum Gasteiger partial charge on any atom is -0.344 e. The first-order valence-corrected chi connectivity index (χ1v) is 8.51. The van der Waals surface area contributed by atoms with E-state index in [0.717, 1.165) is 22.0 Å². The molecule has 1 N–H and O–H groups in total. The lowest BCUT2D eigenvalue weighted by molar-refractivity contribution is -0.117. The van der Waals surface area contributed by atoms with Crippen molar-refractivity contribution in [1.29, 1.82) is 0 Å². The van der Waals surface area contributed by atoms with E-state index in [1.54, 1.807) is 23.6 Å². The van der Waals surface area contributed by atoms with Gasteiger partial charge in [-0.25, -0.2) is 4.98 Å². The minimum absolute atomic E-state index is 0.145. The molecule has 0 saturated carbocycles. The molecule has 24 heavy (non-hydrogen) atoms. The summed E-state index contributed by atoms with van der Waals surface area (Å²) in [5, 5.41) is 5.82. The van der Waals surface area contributed by atoms with Crippen molar-refractivity contribution < 1.29 is 4.79 Å². The maximum absolute atomic E-state index is 12.0. The van der Waals surface area contributed by atoms with Crippen molar-refractivity contribution in [2.75, 3.05) is 0 Å². The van der Waals surface area contributed by atoms with E-state index >= 15 is 0 Å². The molecular formula is C19H17N3OS. The summed E-state index contributed by atoms with van der Waals surface area (Å²) in [7, 11) is 0. The largest absolute Gasteiger partial charge is 0.344 e. The Morgan fingerprint density at radius 2 is 1.96 bits per heavy atom. The molecular weight excluding hydrogens is 318 g/mol. The summed E-state index contributed by atoms with van der Waals surface area (Å²) < 4.78 is 0. The fourth-order valence-corrected chi connectivity index (χ4v) is 3.02.